The maximum atomic E-state index is 13.1. The Kier molecular flexibility index (Phi) is 4.73. The van der Waals surface area contributed by atoms with Crippen LogP contribution < -0.4 is 0 Å². The molecule has 0 aliphatic carbocycles. The Bertz CT molecular complexity index is 963. The highest BCUT2D eigenvalue weighted by Gasteiger charge is 2.42. The number of benzene rings is 1. The third-order valence-corrected chi connectivity index (χ3v) is 7.46. The molecule has 1 spiro atoms. The van der Waals surface area contributed by atoms with E-state index in [1.807, 2.05) is 41.8 Å². The third kappa shape index (κ3) is 3.49. The van der Waals surface area contributed by atoms with Crippen molar-refractivity contribution < 1.29 is 4.79 Å². The lowest BCUT2D eigenvalue weighted by atomic mass is 9.79. The second-order valence-electron chi connectivity index (χ2n) is 8.47. The van der Waals surface area contributed by atoms with Gasteiger partial charge in [0.15, 0.2) is 0 Å². The van der Waals surface area contributed by atoms with Crippen molar-refractivity contribution in [1.29, 1.82) is 0 Å². The first kappa shape index (κ1) is 18.0. The van der Waals surface area contributed by atoms with Gasteiger partial charge in [0.25, 0.3) is 5.91 Å². The second-order valence-corrected chi connectivity index (χ2v) is 9.50. The van der Waals surface area contributed by atoms with Gasteiger partial charge < -0.3 is 14.8 Å². The number of carbonyl (C=O) groups is 1. The van der Waals surface area contributed by atoms with Crippen molar-refractivity contribution in [3.63, 3.8) is 0 Å². The highest BCUT2D eigenvalue weighted by molar-refractivity contribution is 7.09. The molecule has 4 nitrogen and oxygen atoms in total. The van der Waals surface area contributed by atoms with Crippen LogP contribution in [0.2, 0.25) is 0 Å². The number of H-pyrrole nitrogens is 1. The van der Waals surface area contributed by atoms with Crippen molar-refractivity contribution in [1.82, 2.24) is 14.8 Å². The molecule has 1 aromatic carbocycles. The zero-order valence-electron chi connectivity index (χ0n) is 16.2. The van der Waals surface area contributed by atoms with Crippen molar-refractivity contribution >= 4 is 28.1 Å². The van der Waals surface area contributed by atoms with Crippen LogP contribution >= 0.6 is 11.3 Å². The summed E-state index contributed by atoms with van der Waals surface area (Å²) in [6, 6.07) is 12.4. The van der Waals surface area contributed by atoms with E-state index in [4.69, 9.17) is 0 Å². The molecular weight excluding hydrogens is 366 g/mol. The largest absolute Gasteiger partial charge is 0.361 e. The maximum absolute atomic E-state index is 13.1. The first-order chi connectivity index (χ1) is 13.7. The number of amides is 1. The average Bonchev–Trinajstić information content (AvgIpc) is 3.47. The van der Waals surface area contributed by atoms with Crippen LogP contribution in [-0.4, -0.2) is 53.4 Å². The summed E-state index contributed by atoms with van der Waals surface area (Å²) in [6.07, 6.45) is 6.72. The van der Waals surface area contributed by atoms with Crippen LogP contribution in [-0.2, 0) is 6.42 Å². The molecule has 0 radical (unpaired) electrons. The molecule has 0 bridgehead atoms. The molecule has 5 rings (SSSR count). The number of aromatic amines is 1. The summed E-state index contributed by atoms with van der Waals surface area (Å²) in [5.41, 5.74) is 2.19. The lowest BCUT2D eigenvalue weighted by molar-refractivity contribution is 0.0692. The summed E-state index contributed by atoms with van der Waals surface area (Å²) in [5, 5.41) is 3.27. The Morgan fingerprint density at radius 3 is 3.00 bits per heavy atom. The molecule has 1 atom stereocenters. The number of hydrogen-bond acceptors (Lipinski definition) is 3. The summed E-state index contributed by atoms with van der Waals surface area (Å²) in [6.45, 7) is 5.28. The number of hydrogen-bond donors (Lipinski definition) is 1. The van der Waals surface area contributed by atoms with E-state index in [0.717, 1.165) is 55.5 Å². The number of likely N-dealkylation sites (tertiary alicyclic amines) is 2. The van der Waals surface area contributed by atoms with Gasteiger partial charge in [-0.2, -0.15) is 0 Å². The smallest absolute Gasteiger partial charge is 0.253 e. The van der Waals surface area contributed by atoms with Gasteiger partial charge in [-0.3, -0.25) is 4.79 Å². The molecule has 2 aromatic heterocycles. The molecule has 146 valence electrons. The van der Waals surface area contributed by atoms with Gasteiger partial charge in [-0.25, -0.2) is 0 Å². The number of piperidine rings is 1. The van der Waals surface area contributed by atoms with Gasteiger partial charge in [0, 0.05) is 59.1 Å². The van der Waals surface area contributed by atoms with E-state index in [2.05, 4.69) is 32.3 Å². The molecule has 28 heavy (non-hydrogen) atoms. The molecule has 1 amide bonds. The SMILES string of the molecule is O=C(c1ccc2[nH]ccc2c1)N1CCC2(CCCN(CCc3cccs3)C2)C1. The van der Waals surface area contributed by atoms with E-state index < -0.39 is 0 Å². The summed E-state index contributed by atoms with van der Waals surface area (Å²) in [7, 11) is 0. The highest BCUT2D eigenvalue weighted by atomic mass is 32.1. The van der Waals surface area contributed by atoms with Crippen molar-refractivity contribution in [2.45, 2.75) is 25.7 Å². The Balaban J connectivity index is 1.24. The Morgan fingerprint density at radius 2 is 2.11 bits per heavy atom. The van der Waals surface area contributed by atoms with Crippen LogP contribution in [0.4, 0.5) is 0 Å². The van der Waals surface area contributed by atoms with Gasteiger partial charge in [-0.1, -0.05) is 6.07 Å². The van der Waals surface area contributed by atoms with Crippen LogP contribution in [0.5, 0.6) is 0 Å². The summed E-state index contributed by atoms with van der Waals surface area (Å²) in [4.78, 5) is 22.5. The van der Waals surface area contributed by atoms with Crippen molar-refractivity contribution in [3.05, 3.63) is 58.4 Å². The zero-order valence-corrected chi connectivity index (χ0v) is 17.0. The van der Waals surface area contributed by atoms with Gasteiger partial charge in [0.05, 0.1) is 0 Å². The summed E-state index contributed by atoms with van der Waals surface area (Å²) < 4.78 is 0. The lowest BCUT2D eigenvalue weighted by Crippen LogP contribution is -2.45. The maximum Gasteiger partial charge on any atom is 0.253 e. The molecule has 2 fully saturated rings. The monoisotopic (exact) mass is 393 g/mol. The number of rotatable bonds is 4. The first-order valence-electron chi connectivity index (χ1n) is 10.3. The number of aromatic nitrogens is 1. The normalized spacial score (nSPS) is 23.1. The van der Waals surface area contributed by atoms with Gasteiger partial charge in [0.2, 0.25) is 0 Å². The fraction of sp³-hybridized carbons (Fsp3) is 0.435. The Hall–Kier alpha value is -2.11. The molecule has 4 heterocycles. The van der Waals surface area contributed by atoms with Gasteiger partial charge >= 0.3 is 0 Å². The number of nitrogens with zero attached hydrogens (tertiary/aromatic N) is 2. The minimum absolute atomic E-state index is 0.190. The van der Waals surface area contributed by atoms with E-state index in [1.54, 1.807) is 0 Å². The number of carbonyl (C=O) groups excluding carboxylic acids is 1. The molecule has 1 unspecified atom stereocenters. The van der Waals surface area contributed by atoms with E-state index in [-0.39, 0.29) is 5.91 Å². The van der Waals surface area contributed by atoms with Crippen molar-refractivity contribution in [2.75, 3.05) is 32.7 Å². The summed E-state index contributed by atoms with van der Waals surface area (Å²) in [5.74, 6) is 0.190. The van der Waals surface area contributed by atoms with Gasteiger partial charge in [-0.05, 0) is 67.9 Å². The molecule has 3 aromatic rings. The molecular formula is C23H27N3OS. The lowest BCUT2D eigenvalue weighted by Gasteiger charge is -2.40. The standard InChI is InChI=1S/C23H27N3OS/c27-22(19-4-5-21-18(15-19)6-10-24-21)26-13-9-23(17-26)8-2-11-25(16-23)12-7-20-3-1-14-28-20/h1,3-6,10,14-15,24H,2,7-9,11-13,16-17H2. The second kappa shape index (κ2) is 7.37. The minimum atomic E-state index is 0.190. The topological polar surface area (TPSA) is 39.3 Å². The fourth-order valence-electron chi connectivity index (χ4n) is 5.03. The fourth-order valence-corrected chi connectivity index (χ4v) is 5.73. The van der Waals surface area contributed by atoms with Crippen LogP contribution in [0, 0.1) is 5.41 Å². The van der Waals surface area contributed by atoms with Crippen LogP contribution in [0.25, 0.3) is 10.9 Å². The summed E-state index contributed by atoms with van der Waals surface area (Å²) >= 11 is 1.86. The van der Waals surface area contributed by atoms with Crippen LogP contribution in [0.3, 0.4) is 0 Å². The molecule has 1 N–H and O–H groups in total. The Morgan fingerprint density at radius 1 is 1.14 bits per heavy atom. The van der Waals surface area contributed by atoms with Crippen LogP contribution in [0.15, 0.2) is 48.0 Å². The van der Waals surface area contributed by atoms with Gasteiger partial charge in [-0.15, -0.1) is 11.3 Å². The van der Waals surface area contributed by atoms with E-state index >= 15 is 0 Å². The molecule has 2 aliphatic rings. The quantitative estimate of drug-likeness (QED) is 0.714. The first-order valence-corrected chi connectivity index (χ1v) is 11.2. The van der Waals surface area contributed by atoms with Crippen LogP contribution in [0.1, 0.15) is 34.5 Å². The predicted octanol–water partition coefficient (Wildman–Crippen LogP) is 4.40. The van der Waals surface area contributed by atoms with Crippen molar-refractivity contribution in [3.8, 4) is 0 Å². The molecule has 5 heteroatoms. The zero-order chi connectivity index (χ0) is 19.0. The third-order valence-electron chi connectivity index (χ3n) is 6.52. The van der Waals surface area contributed by atoms with E-state index in [9.17, 15) is 4.79 Å². The molecule has 2 aliphatic heterocycles. The van der Waals surface area contributed by atoms with E-state index in [1.165, 1.54) is 24.3 Å². The minimum Gasteiger partial charge on any atom is -0.361 e. The van der Waals surface area contributed by atoms with Crippen molar-refractivity contribution in [2.24, 2.45) is 5.41 Å². The number of thiophene rings is 1. The van der Waals surface area contributed by atoms with E-state index in [0.29, 0.717) is 5.41 Å². The van der Waals surface area contributed by atoms with Gasteiger partial charge in [0.1, 0.15) is 0 Å². The number of fused-ring (bicyclic) bond motifs is 1. The molecule has 2 saturated heterocycles. The predicted molar refractivity (Wildman–Crippen MR) is 115 cm³/mol. The molecule has 0 saturated carbocycles. The Labute approximate surface area is 170 Å². The average molecular weight is 394 g/mol. The highest BCUT2D eigenvalue weighted by Crippen LogP contribution is 2.39. The number of nitrogens with one attached hydrogen (secondary N) is 1.